The quantitative estimate of drug-likeness (QED) is 0.779. The fourth-order valence-electron chi connectivity index (χ4n) is 1.56. The summed E-state index contributed by atoms with van der Waals surface area (Å²) in [6.45, 7) is 1.81. The Morgan fingerprint density at radius 1 is 1.13 bits per heavy atom. The van der Waals surface area contributed by atoms with Crippen molar-refractivity contribution in [3.05, 3.63) is 35.5 Å². The third-order valence-electron chi connectivity index (χ3n) is 2.25. The van der Waals surface area contributed by atoms with Crippen LogP contribution in [-0.2, 0) is 0 Å². The number of pyridine rings is 1. The van der Waals surface area contributed by atoms with Crippen molar-refractivity contribution in [2.75, 3.05) is 12.4 Å². The van der Waals surface area contributed by atoms with Gasteiger partial charge in [-0.05, 0) is 19.1 Å². The fourth-order valence-corrected chi connectivity index (χ4v) is 1.56. The molecule has 0 spiro atoms. The van der Waals surface area contributed by atoms with Gasteiger partial charge < -0.3 is 5.32 Å². The van der Waals surface area contributed by atoms with E-state index >= 15 is 0 Å². The SMILES string of the molecule is CNc1cc(C)nc2cc(F)c(F)cc12. The molecular formula is C11H10F2N2. The number of aromatic nitrogens is 1. The van der Waals surface area contributed by atoms with E-state index in [0.717, 1.165) is 23.5 Å². The van der Waals surface area contributed by atoms with Gasteiger partial charge in [-0.1, -0.05) is 0 Å². The van der Waals surface area contributed by atoms with E-state index in [-0.39, 0.29) is 0 Å². The van der Waals surface area contributed by atoms with Gasteiger partial charge in [0.15, 0.2) is 11.6 Å². The van der Waals surface area contributed by atoms with Crippen LogP contribution in [0.15, 0.2) is 18.2 Å². The number of aryl methyl sites for hydroxylation is 1. The van der Waals surface area contributed by atoms with Crippen molar-refractivity contribution in [2.24, 2.45) is 0 Å². The maximum atomic E-state index is 13.0. The number of benzene rings is 1. The lowest BCUT2D eigenvalue weighted by Gasteiger charge is -2.07. The average Bonchev–Trinajstić information content (AvgIpc) is 2.19. The average molecular weight is 208 g/mol. The number of nitrogens with zero attached hydrogens (tertiary/aromatic N) is 1. The summed E-state index contributed by atoms with van der Waals surface area (Å²) in [5, 5.41) is 3.51. The summed E-state index contributed by atoms with van der Waals surface area (Å²) in [7, 11) is 1.73. The highest BCUT2D eigenvalue weighted by Gasteiger charge is 2.08. The Hall–Kier alpha value is -1.71. The third-order valence-corrected chi connectivity index (χ3v) is 2.25. The first kappa shape index (κ1) is 9.83. The molecule has 0 aliphatic rings. The van der Waals surface area contributed by atoms with E-state index in [0.29, 0.717) is 10.9 Å². The molecule has 4 heteroatoms. The summed E-state index contributed by atoms with van der Waals surface area (Å²) in [5.41, 5.74) is 1.97. The minimum absolute atomic E-state index is 0.457. The largest absolute Gasteiger partial charge is 0.388 e. The summed E-state index contributed by atoms with van der Waals surface area (Å²) >= 11 is 0. The van der Waals surface area contributed by atoms with E-state index < -0.39 is 11.6 Å². The predicted molar refractivity (Wildman–Crippen MR) is 55.9 cm³/mol. The molecule has 0 unspecified atom stereocenters. The van der Waals surface area contributed by atoms with Gasteiger partial charge in [-0.3, -0.25) is 4.98 Å². The van der Waals surface area contributed by atoms with Crippen LogP contribution in [0.1, 0.15) is 5.69 Å². The second-order valence-corrected chi connectivity index (χ2v) is 3.34. The first-order chi connectivity index (χ1) is 7.11. The Balaban J connectivity index is 2.84. The second-order valence-electron chi connectivity index (χ2n) is 3.34. The Labute approximate surface area is 85.9 Å². The lowest BCUT2D eigenvalue weighted by Crippen LogP contribution is -1.95. The van der Waals surface area contributed by atoms with Crippen molar-refractivity contribution >= 4 is 16.6 Å². The lowest BCUT2D eigenvalue weighted by atomic mass is 10.1. The molecule has 1 aromatic heterocycles. The summed E-state index contributed by atoms with van der Waals surface area (Å²) in [5.74, 6) is -1.73. The maximum Gasteiger partial charge on any atom is 0.161 e. The highest BCUT2D eigenvalue weighted by molar-refractivity contribution is 5.91. The first-order valence-electron chi connectivity index (χ1n) is 4.56. The first-order valence-corrected chi connectivity index (χ1v) is 4.56. The molecule has 0 saturated carbocycles. The van der Waals surface area contributed by atoms with Crippen LogP contribution in [0.25, 0.3) is 10.9 Å². The molecule has 0 radical (unpaired) electrons. The Bertz CT molecular complexity index is 523. The number of hydrogen-bond acceptors (Lipinski definition) is 2. The molecular weight excluding hydrogens is 198 g/mol. The third kappa shape index (κ3) is 1.63. The molecule has 1 N–H and O–H groups in total. The zero-order valence-electron chi connectivity index (χ0n) is 8.44. The summed E-state index contributed by atoms with van der Waals surface area (Å²) in [6, 6.07) is 4.06. The van der Waals surface area contributed by atoms with Crippen LogP contribution in [0.4, 0.5) is 14.5 Å². The number of anilines is 1. The molecule has 78 valence electrons. The standard InChI is InChI=1S/C11H10F2N2/c1-6-3-10(14-2)7-4-8(12)9(13)5-11(7)15-6/h3-5H,1-2H3,(H,14,15). The number of halogens is 2. The topological polar surface area (TPSA) is 24.9 Å². The van der Waals surface area contributed by atoms with Gasteiger partial charge in [-0.25, -0.2) is 8.78 Å². The lowest BCUT2D eigenvalue weighted by molar-refractivity contribution is 0.510. The van der Waals surface area contributed by atoms with Gasteiger partial charge in [0.2, 0.25) is 0 Å². The van der Waals surface area contributed by atoms with Gasteiger partial charge in [-0.15, -0.1) is 0 Å². The highest BCUT2D eigenvalue weighted by atomic mass is 19.2. The highest BCUT2D eigenvalue weighted by Crippen LogP contribution is 2.24. The number of rotatable bonds is 1. The Morgan fingerprint density at radius 2 is 1.80 bits per heavy atom. The fraction of sp³-hybridized carbons (Fsp3) is 0.182. The van der Waals surface area contributed by atoms with Crippen LogP contribution < -0.4 is 5.32 Å². The van der Waals surface area contributed by atoms with Crippen LogP contribution in [0.3, 0.4) is 0 Å². The zero-order valence-corrected chi connectivity index (χ0v) is 8.44. The van der Waals surface area contributed by atoms with Crippen LogP contribution in [0.2, 0.25) is 0 Å². The van der Waals surface area contributed by atoms with Gasteiger partial charge in [0.05, 0.1) is 5.52 Å². The van der Waals surface area contributed by atoms with Gasteiger partial charge in [0, 0.05) is 29.9 Å². The summed E-state index contributed by atoms with van der Waals surface area (Å²) in [4.78, 5) is 4.14. The number of nitrogens with one attached hydrogen (secondary N) is 1. The predicted octanol–water partition coefficient (Wildman–Crippen LogP) is 2.86. The van der Waals surface area contributed by atoms with Gasteiger partial charge >= 0.3 is 0 Å². The summed E-state index contributed by atoms with van der Waals surface area (Å²) < 4.78 is 26.0. The number of fused-ring (bicyclic) bond motifs is 1. The monoisotopic (exact) mass is 208 g/mol. The second kappa shape index (κ2) is 3.46. The van der Waals surface area contributed by atoms with Crippen molar-refractivity contribution in [3.63, 3.8) is 0 Å². The van der Waals surface area contributed by atoms with Crippen molar-refractivity contribution in [3.8, 4) is 0 Å². The molecule has 2 nitrogen and oxygen atoms in total. The van der Waals surface area contributed by atoms with E-state index in [9.17, 15) is 8.78 Å². The van der Waals surface area contributed by atoms with E-state index in [4.69, 9.17) is 0 Å². The summed E-state index contributed by atoms with van der Waals surface area (Å²) in [6.07, 6.45) is 0. The van der Waals surface area contributed by atoms with Crippen LogP contribution in [0.5, 0.6) is 0 Å². The van der Waals surface area contributed by atoms with Crippen molar-refractivity contribution < 1.29 is 8.78 Å². The van der Waals surface area contributed by atoms with Crippen LogP contribution in [0, 0.1) is 18.6 Å². The molecule has 0 bridgehead atoms. The molecule has 1 heterocycles. The van der Waals surface area contributed by atoms with Crippen molar-refractivity contribution in [1.82, 2.24) is 4.98 Å². The van der Waals surface area contributed by atoms with Gasteiger partial charge in [0.1, 0.15) is 0 Å². The zero-order chi connectivity index (χ0) is 11.0. The molecule has 15 heavy (non-hydrogen) atoms. The van der Waals surface area contributed by atoms with Gasteiger partial charge in [0.25, 0.3) is 0 Å². The Morgan fingerprint density at radius 3 is 2.47 bits per heavy atom. The normalized spacial score (nSPS) is 10.7. The van der Waals surface area contributed by atoms with E-state index in [1.165, 1.54) is 0 Å². The molecule has 0 amide bonds. The molecule has 0 saturated heterocycles. The molecule has 0 atom stereocenters. The number of hydrogen-bond donors (Lipinski definition) is 1. The van der Waals surface area contributed by atoms with Crippen LogP contribution >= 0.6 is 0 Å². The minimum Gasteiger partial charge on any atom is -0.388 e. The van der Waals surface area contributed by atoms with E-state index in [1.54, 1.807) is 13.1 Å². The molecule has 0 aliphatic heterocycles. The molecule has 2 aromatic rings. The minimum atomic E-state index is -0.873. The Kier molecular flexibility index (Phi) is 2.26. The van der Waals surface area contributed by atoms with E-state index in [1.807, 2.05) is 6.92 Å². The van der Waals surface area contributed by atoms with E-state index in [2.05, 4.69) is 10.3 Å². The molecule has 0 fully saturated rings. The van der Waals surface area contributed by atoms with Crippen LogP contribution in [-0.4, -0.2) is 12.0 Å². The smallest absolute Gasteiger partial charge is 0.161 e. The molecule has 2 rings (SSSR count). The maximum absolute atomic E-state index is 13.0. The van der Waals surface area contributed by atoms with Crippen molar-refractivity contribution in [1.29, 1.82) is 0 Å². The molecule has 1 aromatic carbocycles. The molecule has 0 aliphatic carbocycles. The van der Waals surface area contributed by atoms with Crippen molar-refractivity contribution in [2.45, 2.75) is 6.92 Å². The van der Waals surface area contributed by atoms with Gasteiger partial charge in [-0.2, -0.15) is 0 Å².